The Balaban J connectivity index is 2.17. The predicted octanol–water partition coefficient (Wildman–Crippen LogP) is 3.93. The van der Waals surface area contributed by atoms with Crippen molar-refractivity contribution < 1.29 is 4.39 Å². The van der Waals surface area contributed by atoms with Gasteiger partial charge in [-0.1, -0.05) is 28.9 Å². The van der Waals surface area contributed by atoms with Gasteiger partial charge in [0.15, 0.2) is 0 Å². The first-order chi connectivity index (χ1) is 5.64. The minimum absolute atomic E-state index is 0.148. The van der Waals surface area contributed by atoms with E-state index in [1.54, 1.807) is 11.3 Å². The fourth-order valence-corrected chi connectivity index (χ4v) is 3.16. The van der Waals surface area contributed by atoms with Crippen molar-refractivity contribution >= 4 is 27.3 Å². The molecule has 1 heterocycles. The van der Waals surface area contributed by atoms with Gasteiger partial charge in [0.1, 0.15) is 6.17 Å². The van der Waals surface area contributed by atoms with Crippen molar-refractivity contribution in [3.63, 3.8) is 0 Å². The first kappa shape index (κ1) is 8.70. The van der Waals surface area contributed by atoms with Crippen molar-refractivity contribution in [1.82, 2.24) is 0 Å². The zero-order valence-corrected chi connectivity index (χ0v) is 9.16. The van der Waals surface area contributed by atoms with Gasteiger partial charge in [-0.25, -0.2) is 4.39 Å². The Labute approximate surface area is 83.9 Å². The van der Waals surface area contributed by atoms with Crippen LogP contribution in [0.3, 0.4) is 0 Å². The Morgan fingerprint density at radius 3 is 2.92 bits per heavy atom. The highest BCUT2D eigenvalue weighted by molar-refractivity contribution is 9.09. The zero-order valence-electron chi connectivity index (χ0n) is 6.76. The lowest BCUT2D eigenvalue weighted by molar-refractivity contribution is 0.376. The average Bonchev–Trinajstić information content (AvgIpc) is 2.59. The zero-order chi connectivity index (χ0) is 8.77. The molecule has 2 rings (SSSR count). The predicted molar refractivity (Wildman–Crippen MR) is 53.6 cm³/mol. The van der Waals surface area contributed by atoms with E-state index >= 15 is 0 Å². The van der Waals surface area contributed by atoms with Crippen molar-refractivity contribution in [2.24, 2.45) is 5.41 Å². The van der Waals surface area contributed by atoms with Gasteiger partial charge in [0.25, 0.3) is 0 Å². The summed E-state index contributed by atoms with van der Waals surface area (Å²) < 4.78 is 13.0. The van der Waals surface area contributed by atoms with Crippen LogP contribution in [0.15, 0.2) is 17.5 Å². The van der Waals surface area contributed by atoms with E-state index in [1.807, 2.05) is 18.4 Å². The molecule has 0 saturated heterocycles. The summed E-state index contributed by atoms with van der Waals surface area (Å²) in [4.78, 5) is 1.43. The van der Waals surface area contributed by atoms with E-state index in [0.29, 0.717) is 6.42 Å². The fourth-order valence-electron chi connectivity index (χ4n) is 1.35. The number of rotatable bonds is 2. The van der Waals surface area contributed by atoms with Gasteiger partial charge < -0.3 is 0 Å². The number of hydrogen-bond donors (Lipinski definition) is 0. The van der Waals surface area contributed by atoms with E-state index in [2.05, 4.69) is 22.0 Å². The van der Waals surface area contributed by atoms with Crippen LogP contribution in [0.5, 0.6) is 0 Å². The molecule has 0 spiro atoms. The number of alkyl halides is 2. The molecule has 3 heteroatoms. The third-order valence-electron chi connectivity index (χ3n) is 2.55. The van der Waals surface area contributed by atoms with Crippen LogP contribution < -0.4 is 0 Å². The standard InChI is InChI=1S/C9H10BrFS/c1-9(5-7(9)11)8(10)6-3-2-4-12-6/h2-4,7-8H,5H2,1H3. The number of thiophene rings is 1. The van der Waals surface area contributed by atoms with Crippen LogP contribution in [0.4, 0.5) is 4.39 Å². The highest BCUT2D eigenvalue weighted by Gasteiger charge is 2.56. The maximum absolute atomic E-state index is 13.0. The Hall–Kier alpha value is 0.110. The average molecular weight is 249 g/mol. The summed E-state index contributed by atoms with van der Waals surface area (Å²) in [5, 5.41) is 2.03. The van der Waals surface area contributed by atoms with E-state index < -0.39 is 6.17 Å². The van der Waals surface area contributed by atoms with Gasteiger partial charge in [-0.2, -0.15) is 0 Å². The minimum atomic E-state index is -0.621. The van der Waals surface area contributed by atoms with E-state index in [1.165, 1.54) is 4.88 Å². The van der Waals surface area contributed by atoms with E-state index in [0.717, 1.165) is 0 Å². The van der Waals surface area contributed by atoms with Crippen LogP contribution in [0, 0.1) is 5.41 Å². The van der Waals surface area contributed by atoms with Crippen LogP contribution in [0.2, 0.25) is 0 Å². The van der Waals surface area contributed by atoms with Crippen molar-refractivity contribution in [3.05, 3.63) is 22.4 Å². The lowest BCUT2D eigenvalue weighted by atomic mass is 10.0. The fraction of sp³-hybridized carbons (Fsp3) is 0.556. The van der Waals surface area contributed by atoms with Gasteiger partial charge in [0, 0.05) is 10.3 Å². The Morgan fingerprint density at radius 2 is 2.50 bits per heavy atom. The van der Waals surface area contributed by atoms with Gasteiger partial charge in [0.05, 0.1) is 4.83 Å². The molecule has 0 amide bonds. The van der Waals surface area contributed by atoms with Crippen LogP contribution in [-0.2, 0) is 0 Å². The molecule has 12 heavy (non-hydrogen) atoms. The molecular formula is C9H10BrFS. The van der Waals surface area contributed by atoms with Crippen LogP contribution in [0.25, 0.3) is 0 Å². The molecule has 1 aliphatic rings. The minimum Gasteiger partial charge on any atom is -0.247 e. The molecule has 0 N–H and O–H groups in total. The van der Waals surface area contributed by atoms with E-state index in [9.17, 15) is 4.39 Å². The third kappa shape index (κ3) is 1.23. The molecule has 1 aromatic rings. The highest BCUT2D eigenvalue weighted by atomic mass is 79.9. The topological polar surface area (TPSA) is 0 Å². The maximum atomic E-state index is 13.0. The highest BCUT2D eigenvalue weighted by Crippen LogP contribution is 2.60. The molecule has 0 nitrogen and oxygen atoms in total. The number of hydrogen-bond acceptors (Lipinski definition) is 1. The van der Waals surface area contributed by atoms with Crippen molar-refractivity contribution in [1.29, 1.82) is 0 Å². The Bertz CT molecular complexity index is 272. The van der Waals surface area contributed by atoms with Crippen LogP contribution in [0.1, 0.15) is 23.0 Å². The van der Waals surface area contributed by atoms with Gasteiger partial charge in [-0.15, -0.1) is 11.3 Å². The summed E-state index contributed by atoms with van der Waals surface area (Å²) >= 11 is 5.25. The second-order valence-corrected chi connectivity index (χ2v) is 5.45. The summed E-state index contributed by atoms with van der Waals surface area (Å²) in [5.41, 5.74) is -0.148. The monoisotopic (exact) mass is 248 g/mol. The Kier molecular flexibility index (Phi) is 2.04. The van der Waals surface area contributed by atoms with Gasteiger partial charge in [0.2, 0.25) is 0 Å². The largest absolute Gasteiger partial charge is 0.247 e. The van der Waals surface area contributed by atoms with Gasteiger partial charge >= 0.3 is 0 Å². The van der Waals surface area contributed by atoms with Gasteiger partial charge in [-0.05, 0) is 17.9 Å². The summed E-state index contributed by atoms with van der Waals surface area (Å²) in [5.74, 6) is 0. The van der Waals surface area contributed by atoms with E-state index in [4.69, 9.17) is 0 Å². The molecule has 1 fully saturated rings. The molecule has 3 atom stereocenters. The molecule has 1 saturated carbocycles. The molecular weight excluding hydrogens is 239 g/mol. The summed E-state index contributed by atoms with van der Waals surface area (Å²) in [7, 11) is 0. The molecule has 0 aliphatic heterocycles. The van der Waals surface area contributed by atoms with Crippen molar-refractivity contribution in [2.75, 3.05) is 0 Å². The first-order valence-electron chi connectivity index (χ1n) is 3.96. The molecule has 0 aromatic carbocycles. The molecule has 3 unspecified atom stereocenters. The summed E-state index contributed by atoms with van der Waals surface area (Å²) in [6, 6.07) is 4.06. The SMILES string of the molecule is CC1(C(Br)c2cccs2)CC1F. The van der Waals surface area contributed by atoms with Crippen LogP contribution >= 0.6 is 27.3 Å². The molecule has 0 bridgehead atoms. The smallest absolute Gasteiger partial charge is 0.108 e. The maximum Gasteiger partial charge on any atom is 0.108 e. The van der Waals surface area contributed by atoms with E-state index in [-0.39, 0.29) is 10.2 Å². The normalized spacial score (nSPS) is 36.4. The summed E-state index contributed by atoms with van der Waals surface area (Å²) in [6.45, 7) is 2.00. The number of halogens is 2. The Morgan fingerprint density at radius 1 is 1.83 bits per heavy atom. The van der Waals surface area contributed by atoms with Gasteiger partial charge in [-0.3, -0.25) is 0 Å². The van der Waals surface area contributed by atoms with Crippen molar-refractivity contribution in [3.8, 4) is 0 Å². The third-order valence-corrected chi connectivity index (χ3v) is 5.33. The molecule has 66 valence electrons. The lowest BCUT2D eigenvalue weighted by Gasteiger charge is -2.14. The lowest BCUT2D eigenvalue weighted by Crippen LogP contribution is -2.05. The second-order valence-electron chi connectivity index (χ2n) is 3.56. The second kappa shape index (κ2) is 2.81. The van der Waals surface area contributed by atoms with Crippen molar-refractivity contribution in [2.45, 2.75) is 24.3 Å². The quantitative estimate of drug-likeness (QED) is 0.696. The first-order valence-corrected chi connectivity index (χ1v) is 5.75. The summed E-state index contributed by atoms with van der Waals surface area (Å²) in [6.07, 6.45) is 0.0739. The van der Waals surface area contributed by atoms with Crippen LogP contribution in [-0.4, -0.2) is 6.17 Å². The molecule has 1 aliphatic carbocycles. The molecule has 1 aromatic heterocycles. The molecule has 0 radical (unpaired) electrons.